The molecule has 4 nitrogen and oxygen atoms in total. The Hall–Kier alpha value is -1.49. The quantitative estimate of drug-likeness (QED) is 0.851. The highest BCUT2D eigenvalue weighted by atomic mass is 32.2. The number of carbonyl (C=O) groups excluding carboxylic acids is 2. The minimum atomic E-state index is 0.0429. The van der Waals surface area contributed by atoms with Crippen molar-refractivity contribution in [2.75, 3.05) is 17.2 Å². The van der Waals surface area contributed by atoms with Crippen LogP contribution in [0.15, 0.2) is 6.07 Å². The zero-order chi connectivity index (χ0) is 15.0. The van der Waals surface area contributed by atoms with E-state index in [1.165, 1.54) is 18.7 Å². The Morgan fingerprint density at radius 1 is 1.35 bits per heavy atom. The lowest BCUT2D eigenvalue weighted by Gasteiger charge is -2.23. The zero-order valence-corrected chi connectivity index (χ0v) is 13.1. The van der Waals surface area contributed by atoms with Crippen LogP contribution >= 0.6 is 11.8 Å². The highest BCUT2D eigenvalue weighted by Crippen LogP contribution is 2.36. The van der Waals surface area contributed by atoms with E-state index in [9.17, 15) is 9.59 Å². The van der Waals surface area contributed by atoms with E-state index in [2.05, 4.69) is 0 Å². The molecule has 0 aliphatic carbocycles. The fourth-order valence-electron chi connectivity index (χ4n) is 2.81. The maximum Gasteiger partial charge on any atom is 0.228 e. The van der Waals surface area contributed by atoms with Gasteiger partial charge in [0.15, 0.2) is 5.12 Å². The average Bonchev–Trinajstić information content (AvgIpc) is 2.66. The third-order valence-electron chi connectivity index (χ3n) is 3.68. The molecule has 0 saturated carbocycles. The van der Waals surface area contributed by atoms with Crippen LogP contribution in [-0.4, -0.2) is 22.8 Å². The van der Waals surface area contributed by atoms with E-state index in [4.69, 9.17) is 5.73 Å². The predicted molar refractivity (Wildman–Crippen MR) is 84.1 cm³/mol. The normalized spacial score (nSPS) is 18.7. The number of anilines is 2. The van der Waals surface area contributed by atoms with Gasteiger partial charge in [-0.05, 0) is 37.5 Å². The zero-order valence-electron chi connectivity index (χ0n) is 12.3. The number of nitrogens with two attached hydrogens (primary N) is 1. The number of aryl methyl sites for hydroxylation is 2. The topological polar surface area (TPSA) is 63.4 Å². The molecule has 1 saturated heterocycles. The predicted octanol–water partition coefficient (Wildman–Crippen LogP) is 2.58. The van der Waals surface area contributed by atoms with Crippen LogP contribution in [0.25, 0.3) is 0 Å². The number of carbonyl (C=O) groups is 2. The summed E-state index contributed by atoms with van der Waals surface area (Å²) >= 11 is 1.25. The highest BCUT2D eigenvalue weighted by Gasteiger charge is 2.33. The smallest absolute Gasteiger partial charge is 0.228 e. The number of rotatable bonds is 2. The summed E-state index contributed by atoms with van der Waals surface area (Å²) in [6.07, 6.45) is 0.414. The lowest BCUT2D eigenvalue weighted by Crippen LogP contribution is -2.27. The number of benzene rings is 1. The van der Waals surface area contributed by atoms with Gasteiger partial charge in [-0.25, -0.2) is 0 Å². The van der Waals surface area contributed by atoms with Crippen LogP contribution in [-0.2, 0) is 9.59 Å². The summed E-state index contributed by atoms with van der Waals surface area (Å²) in [5.41, 5.74) is 10.8. The molecule has 1 aliphatic rings. The van der Waals surface area contributed by atoms with Crippen molar-refractivity contribution in [1.82, 2.24) is 0 Å². The van der Waals surface area contributed by atoms with Crippen LogP contribution in [0.5, 0.6) is 0 Å². The number of thioether (sulfide) groups is 1. The molecule has 1 atom stereocenters. The van der Waals surface area contributed by atoms with E-state index in [0.29, 0.717) is 13.0 Å². The number of nitrogen functional groups attached to an aromatic ring is 1. The van der Waals surface area contributed by atoms with E-state index in [0.717, 1.165) is 28.1 Å². The first-order valence-electron chi connectivity index (χ1n) is 6.65. The standard InChI is InChI=1S/C15H20N2O2S/c1-8-5-9(2)15(10(3)14(8)16)17-7-12(6-13(17)19)20-11(4)18/h5,12H,6-7,16H2,1-4H3. The molecule has 0 bridgehead atoms. The number of amides is 1. The maximum atomic E-state index is 12.2. The molecule has 108 valence electrons. The Morgan fingerprint density at radius 2 is 2.00 bits per heavy atom. The van der Waals surface area contributed by atoms with Crippen molar-refractivity contribution in [3.8, 4) is 0 Å². The van der Waals surface area contributed by atoms with E-state index in [1.807, 2.05) is 26.8 Å². The number of hydrogen-bond donors (Lipinski definition) is 1. The second-order valence-electron chi connectivity index (χ2n) is 5.34. The number of nitrogens with zero attached hydrogens (tertiary/aromatic N) is 1. The lowest BCUT2D eigenvalue weighted by molar-refractivity contribution is -0.117. The largest absolute Gasteiger partial charge is 0.398 e. The van der Waals surface area contributed by atoms with Gasteiger partial charge in [0.05, 0.1) is 5.69 Å². The molecule has 0 aromatic heterocycles. The molecular weight excluding hydrogens is 272 g/mol. The molecule has 5 heteroatoms. The Labute approximate surface area is 123 Å². The van der Waals surface area contributed by atoms with Gasteiger partial charge in [0, 0.05) is 30.8 Å². The van der Waals surface area contributed by atoms with Crippen molar-refractivity contribution in [2.24, 2.45) is 0 Å². The third-order valence-corrected chi connectivity index (χ3v) is 4.66. The summed E-state index contributed by atoms with van der Waals surface area (Å²) in [6, 6.07) is 2.01. The van der Waals surface area contributed by atoms with Crippen LogP contribution < -0.4 is 10.6 Å². The summed E-state index contributed by atoms with van der Waals surface area (Å²) in [5.74, 6) is 0.0678. The molecular formula is C15H20N2O2S. The minimum absolute atomic E-state index is 0.0429. The van der Waals surface area contributed by atoms with E-state index >= 15 is 0 Å². The monoisotopic (exact) mass is 292 g/mol. The van der Waals surface area contributed by atoms with Crippen molar-refractivity contribution < 1.29 is 9.59 Å². The third kappa shape index (κ3) is 2.68. The highest BCUT2D eigenvalue weighted by molar-refractivity contribution is 8.14. The van der Waals surface area contributed by atoms with Crippen molar-refractivity contribution in [3.63, 3.8) is 0 Å². The van der Waals surface area contributed by atoms with Crippen molar-refractivity contribution in [1.29, 1.82) is 0 Å². The SMILES string of the molecule is CC(=O)SC1CC(=O)N(c2c(C)cc(C)c(N)c2C)C1. The van der Waals surface area contributed by atoms with Crippen LogP contribution in [0.3, 0.4) is 0 Å². The van der Waals surface area contributed by atoms with Gasteiger partial charge < -0.3 is 10.6 Å². The van der Waals surface area contributed by atoms with Gasteiger partial charge in [-0.2, -0.15) is 0 Å². The molecule has 1 heterocycles. The maximum absolute atomic E-state index is 12.2. The lowest BCUT2D eigenvalue weighted by atomic mass is 10.0. The fourth-order valence-corrected chi connectivity index (χ4v) is 3.73. The van der Waals surface area contributed by atoms with Crippen LogP contribution in [0.1, 0.15) is 30.0 Å². The molecule has 1 amide bonds. The molecule has 2 N–H and O–H groups in total. The summed E-state index contributed by atoms with van der Waals surface area (Å²) in [4.78, 5) is 25.2. The van der Waals surface area contributed by atoms with E-state index in [1.54, 1.807) is 4.90 Å². The van der Waals surface area contributed by atoms with Gasteiger partial charge in [-0.15, -0.1) is 0 Å². The average molecular weight is 292 g/mol. The first-order valence-corrected chi connectivity index (χ1v) is 7.53. The number of hydrogen-bond acceptors (Lipinski definition) is 4. The van der Waals surface area contributed by atoms with Crippen LogP contribution in [0.2, 0.25) is 0 Å². The van der Waals surface area contributed by atoms with E-state index in [-0.39, 0.29) is 16.3 Å². The van der Waals surface area contributed by atoms with Gasteiger partial charge in [0.2, 0.25) is 5.91 Å². The molecule has 1 fully saturated rings. The molecule has 1 aromatic rings. The molecule has 20 heavy (non-hydrogen) atoms. The second kappa shape index (κ2) is 5.48. The van der Waals surface area contributed by atoms with E-state index < -0.39 is 0 Å². The van der Waals surface area contributed by atoms with Gasteiger partial charge in [-0.1, -0.05) is 17.8 Å². The fraction of sp³-hybridized carbons (Fsp3) is 0.467. The van der Waals surface area contributed by atoms with Crippen LogP contribution in [0.4, 0.5) is 11.4 Å². The summed E-state index contributed by atoms with van der Waals surface area (Å²) in [6.45, 7) is 8.03. The van der Waals surface area contributed by atoms with Gasteiger partial charge in [0.25, 0.3) is 0 Å². The molecule has 0 radical (unpaired) electrons. The Morgan fingerprint density at radius 3 is 2.60 bits per heavy atom. The summed E-state index contributed by atoms with van der Waals surface area (Å²) < 4.78 is 0. The first kappa shape index (κ1) is 14.9. The van der Waals surface area contributed by atoms with Gasteiger partial charge in [-0.3, -0.25) is 9.59 Å². The van der Waals surface area contributed by atoms with Crippen LogP contribution in [0, 0.1) is 20.8 Å². The molecule has 0 spiro atoms. The summed E-state index contributed by atoms with van der Waals surface area (Å²) in [5, 5.41) is 0.0999. The molecule has 1 aliphatic heterocycles. The molecule has 1 unspecified atom stereocenters. The van der Waals surface area contributed by atoms with Crippen molar-refractivity contribution in [3.05, 3.63) is 22.8 Å². The molecule has 1 aromatic carbocycles. The Kier molecular flexibility index (Phi) is 4.09. The van der Waals surface area contributed by atoms with Crippen molar-refractivity contribution in [2.45, 2.75) is 39.4 Å². The minimum Gasteiger partial charge on any atom is -0.398 e. The molecule has 2 rings (SSSR count). The van der Waals surface area contributed by atoms with Gasteiger partial charge >= 0.3 is 0 Å². The Balaban J connectivity index is 2.35. The Bertz CT molecular complexity index is 584. The first-order chi connectivity index (χ1) is 9.31. The summed E-state index contributed by atoms with van der Waals surface area (Å²) in [7, 11) is 0. The second-order valence-corrected chi connectivity index (χ2v) is 6.81. The van der Waals surface area contributed by atoms with Crippen molar-refractivity contribution >= 4 is 34.2 Å². The van der Waals surface area contributed by atoms with Gasteiger partial charge in [0.1, 0.15) is 0 Å².